The first kappa shape index (κ1) is 39.9. The average Bonchev–Trinajstić information content (AvgIpc) is 3.82. The lowest BCUT2D eigenvalue weighted by molar-refractivity contribution is -0.140. The smallest absolute Gasteiger partial charge is 0.306 e. The van der Waals surface area contributed by atoms with Gasteiger partial charge in [0.1, 0.15) is 11.5 Å². The van der Waals surface area contributed by atoms with Crippen LogP contribution in [0.3, 0.4) is 0 Å². The van der Waals surface area contributed by atoms with E-state index in [9.17, 15) is 29.4 Å². The molecule has 0 fully saturated rings. The Morgan fingerprint density at radius 1 is 0.643 bits per heavy atom. The van der Waals surface area contributed by atoms with Crippen molar-refractivity contribution in [3.8, 4) is 22.6 Å². The minimum atomic E-state index is -1.08. The molecule has 2 unspecified atom stereocenters. The molecule has 4 aromatic rings. The number of rotatable bonds is 17. The lowest BCUT2D eigenvalue weighted by Gasteiger charge is -2.20. The molecule has 2 aliphatic rings. The molecule has 0 radical (unpaired) electrons. The summed E-state index contributed by atoms with van der Waals surface area (Å²) >= 11 is 0. The van der Waals surface area contributed by atoms with Gasteiger partial charge in [0.2, 0.25) is 0 Å². The number of hydrogen-bond acceptors (Lipinski definition) is 10. The molecule has 14 heteroatoms. The van der Waals surface area contributed by atoms with Crippen LogP contribution in [0.2, 0.25) is 0 Å². The molecule has 0 aliphatic carbocycles. The molecule has 14 nitrogen and oxygen atoms in total. The highest BCUT2D eigenvalue weighted by Gasteiger charge is 2.32. The van der Waals surface area contributed by atoms with Crippen LogP contribution in [-0.4, -0.2) is 96.8 Å². The van der Waals surface area contributed by atoms with Gasteiger partial charge in [-0.05, 0) is 71.5 Å². The van der Waals surface area contributed by atoms with Crippen LogP contribution in [0.4, 0.5) is 11.4 Å². The van der Waals surface area contributed by atoms with E-state index in [1.165, 1.54) is 14.2 Å². The molecule has 2 aliphatic heterocycles. The second-order valence-electron chi connectivity index (χ2n) is 13.8. The molecule has 0 saturated heterocycles. The average molecular weight is 767 g/mol. The maximum Gasteiger partial charge on any atom is 0.306 e. The van der Waals surface area contributed by atoms with Gasteiger partial charge in [-0.2, -0.15) is 0 Å². The lowest BCUT2D eigenvalue weighted by atomic mass is 9.93. The molecule has 4 aromatic carbocycles. The highest BCUT2D eigenvalue weighted by atomic mass is 16.5. The number of carbonyl (C=O) groups excluding carboxylic acids is 2. The number of carboxylic acids is 2. The summed E-state index contributed by atoms with van der Waals surface area (Å²) in [6.45, 7) is 1.81. The van der Waals surface area contributed by atoms with E-state index < -0.39 is 24.1 Å². The topological polar surface area (TPSA) is 198 Å². The Labute approximate surface area is 324 Å². The van der Waals surface area contributed by atoms with Crippen molar-refractivity contribution in [2.75, 3.05) is 50.2 Å². The zero-order valence-corrected chi connectivity index (χ0v) is 31.3. The quantitative estimate of drug-likeness (QED) is 0.0915. The van der Waals surface area contributed by atoms with Crippen LogP contribution in [0, 0.1) is 0 Å². The number of methoxy groups -OCH3 is 2. The van der Waals surface area contributed by atoms with Crippen LogP contribution in [0.15, 0.2) is 72.8 Å². The molecule has 0 spiro atoms. The molecule has 0 saturated carbocycles. The highest BCUT2D eigenvalue weighted by molar-refractivity contribution is 6.09. The third-order valence-electron chi connectivity index (χ3n) is 10.1. The minimum absolute atomic E-state index is 0.0948. The number of aliphatic hydroxyl groups is 2. The molecule has 2 amide bonds. The molecule has 0 aromatic heterocycles. The van der Waals surface area contributed by atoms with Crippen LogP contribution >= 0.6 is 0 Å². The first-order valence-electron chi connectivity index (χ1n) is 18.4. The fraction of sp³-hybridized carbons (Fsp3) is 0.333. The third kappa shape index (κ3) is 8.84. The van der Waals surface area contributed by atoms with Crippen molar-refractivity contribution in [1.82, 2.24) is 10.6 Å². The summed E-state index contributed by atoms with van der Waals surface area (Å²) in [6.07, 6.45) is -1.46. The zero-order valence-electron chi connectivity index (χ0n) is 31.3. The Morgan fingerprint density at radius 3 is 1.43 bits per heavy atom. The Bertz CT molecular complexity index is 1970. The van der Waals surface area contributed by atoms with Crippen LogP contribution in [0.5, 0.6) is 11.5 Å². The van der Waals surface area contributed by atoms with Crippen molar-refractivity contribution in [1.29, 1.82) is 0 Å². The number of nitrogens with zero attached hydrogens (tertiary/aromatic N) is 2. The predicted octanol–water partition coefficient (Wildman–Crippen LogP) is 3.63. The molecular formula is C42H46N4O10. The maximum atomic E-state index is 13.9. The van der Waals surface area contributed by atoms with Crippen LogP contribution < -0.4 is 29.9 Å². The largest absolute Gasteiger partial charge is 0.496 e. The molecule has 294 valence electrons. The van der Waals surface area contributed by atoms with E-state index in [0.717, 1.165) is 44.8 Å². The van der Waals surface area contributed by atoms with E-state index in [1.807, 2.05) is 24.3 Å². The van der Waals surface area contributed by atoms with E-state index in [0.29, 0.717) is 61.6 Å². The predicted molar refractivity (Wildman–Crippen MR) is 209 cm³/mol. The van der Waals surface area contributed by atoms with Crippen molar-refractivity contribution in [2.45, 2.75) is 51.0 Å². The fourth-order valence-electron chi connectivity index (χ4n) is 7.45. The number of ether oxygens (including phenoxy) is 2. The summed E-state index contributed by atoms with van der Waals surface area (Å²) in [5.74, 6) is -1.49. The monoisotopic (exact) mass is 766 g/mol. The van der Waals surface area contributed by atoms with Crippen molar-refractivity contribution in [2.24, 2.45) is 0 Å². The number of amides is 2. The van der Waals surface area contributed by atoms with Gasteiger partial charge in [-0.25, -0.2) is 0 Å². The highest BCUT2D eigenvalue weighted by Crippen LogP contribution is 2.42. The van der Waals surface area contributed by atoms with Crippen LogP contribution in [-0.2, 0) is 35.5 Å². The molecule has 2 heterocycles. The number of benzene rings is 4. The number of carboxylic acid groups (broad SMARTS) is 2. The van der Waals surface area contributed by atoms with E-state index in [4.69, 9.17) is 19.7 Å². The van der Waals surface area contributed by atoms with Gasteiger partial charge < -0.3 is 50.3 Å². The summed E-state index contributed by atoms with van der Waals surface area (Å²) in [5, 5.41) is 43.6. The van der Waals surface area contributed by atoms with Crippen molar-refractivity contribution in [3.05, 3.63) is 106 Å². The summed E-state index contributed by atoms with van der Waals surface area (Å²) in [4.78, 5) is 53.1. The van der Waals surface area contributed by atoms with Crippen LogP contribution in [0.1, 0.15) is 55.8 Å². The second-order valence-corrected chi connectivity index (χ2v) is 13.8. The normalized spacial score (nSPS) is 14.2. The van der Waals surface area contributed by atoms with Crippen molar-refractivity contribution in [3.63, 3.8) is 0 Å². The number of fused-ring (bicyclic) bond motifs is 2. The Morgan fingerprint density at radius 2 is 1.05 bits per heavy atom. The number of aliphatic hydroxyl groups excluding tert-OH is 2. The second kappa shape index (κ2) is 17.8. The lowest BCUT2D eigenvalue weighted by Crippen LogP contribution is -2.29. The first-order valence-corrected chi connectivity index (χ1v) is 18.4. The van der Waals surface area contributed by atoms with Gasteiger partial charge in [0, 0.05) is 72.9 Å². The van der Waals surface area contributed by atoms with E-state index >= 15 is 0 Å². The molecule has 0 bridgehead atoms. The van der Waals surface area contributed by atoms with Crippen molar-refractivity contribution >= 4 is 35.1 Å². The summed E-state index contributed by atoms with van der Waals surface area (Å²) in [5.41, 5.74) is 8.22. The number of nitrogens with one attached hydrogen (secondary N) is 2. The molecule has 56 heavy (non-hydrogen) atoms. The molecule has 6 rings (SSSR count). The van der Waals surface area contributed by atoms with Crippen molar-refractivity contribution < 1.29 is 49.1 Å². The molecular weight excluding hydrogens is 720 g/mol. The van der Waals surface area contributed by atoms with E-state index in [2.05, 4.69) is 22.8 Å². The Balaban J connectivity index is 1.17. The van der Waals surface area contributed by atoms with Crippen LogP contribution in [0.25, 0.3) is 11.1 Å². The minimum Gasteiger partial charge on any atom is -0.496 e. The van der Waals surface area contributed by atoms with E-state index in [-0.39, 0.29) is 37.7 Å². The van der Waals surface area contributed by atoms with Gasteiger partial charge in [-0.1, -0.05) is 36.4 Å². The maximum absolute atomic E-state index is 13.9. The summed E-state index contributed by atoms with van der Waals surface area (Å²) < 4.78 is 11.2. The number of anilines is 2. The van der Waals surface area contributed by atoms with Gasteiger partial charge in [0.15, 0.2) is 0 Å². The zero-order chi connectivity index (χ0) is 39.9. The van der Waals surface area contributed by atoms with E-state index in [1.54, 1.807) is 46.2 Å². The van der Waals surface area contributed by atoms with Gasteiger partial charge in [-0.15, -0.1) is 0 Å². The standard InChI is InChI=1S/C42H46N4O10/c1-55-37-17-25(9-11-27(37)21-43-23-29(47)19-39(49)50)41(53)45-15-13-33-31(5-3-7-35(33)45)32-6-4-8-36-34(32)14-16-46(36)42(54)26-10-12-28(38(18-26)56-2)22-44-24-30(48)20-40(51)52/h3-12,17-18,29-30,43-44,47-48H,13-16,19-24H2,1-2H3,(H,49,50)(H,51,52). The first-order chi connectivity index (χ1) is 27.0. The Hall–Kier alpha value is -5.80. The number of carbonyl (C=O) groups is 4. The molecule has 6 N–H and O–H groups in total. The fourth-order valence-corrected chi connectivity index (χ4v) is 7.45. The van der Waals surface area contributed by atoms with Gasteiger partial charge in [0.25, 0.3) is 11.8 Å². The SMILES string of the molecule is COc1cc(C(=O)N2CCc3c(-c4cccc5c4CCN5C(=O)c4ccc(CNCC(O)CC(=O)O)c(OC)c4)cccc32)ccc1CNCC(O)CC(=O)O. The van der Waals surface area contributed by atoms with Gasteiger partial charge in [-0.3, -0.25) is 19.2 Å². The third-order valence-corrected chi connectivity index (χ3v) is 10.1. The van der Waals surface area contributed by atoms with Gasteiger partial charge >= 0.3 is 11.9 Å². The summed E-state index contributed by atoms with van der Waals surface area (Å²) in [6, 6.07) is 22.4. The Kier molecular flexibility index (Phi) is 12.7. The number of hydrogen-bond donors (Lipinski definition) is 6. The summed E-state index contributed by atoms with van der Waals surface area (Å²) in [7, 11) is 3.04. The molecule has 2 atom stereocenters. The number of aliphatic carboxylic acids is 2. The van der Waals surface area contributed by atoms with Gasteiger partial charge in [0.05, 0.1) is 39.3 Å².